The number of carboxylic acids is 1. The molecule has 0 unspecified atom stereocenters. The summed E-state index contributed by atoms with van der Waals surface area (Å²) in [6, 6.07) is 24.7. The number of aliphatic carboxylic acids is 1. The van der Waals surface area contributed by atoms with Crippen molar-refractivity contribution in [1.29, 1.82) is 0 Å². The van der Waals surface area contributed by atoms with Crippen molar-refractivity contribution in [2.75, 3.05) is 10.2 Å². The van der Waals surface area contributed by atoms with Gasteiger partial charge in [0.1, 0.15) is 0 Å². The molecule has 2 N–H and O–H groups in total. The number of allylic oxidation sites excluding steroid dienone is 1. The minimum atomic E-state index is -1.03. The molecule has 0 fully saturated rings. The lowest BCUT2D eigenvalue weighted by Crippen LogP contribution is -2.38. The highest BCUT2D eigenvalue weighted by atomic mass is 16.4. The third-order valence-electron chi connectivity index (χ3n) is 6.97. The summed E-state index contributed by atoms with van der Waals surface area (Å²) in [5.41, 5.74) is 5.75. The van der Waals surface area contributed by atoms with Crippen molar-refractivity contribution in [3.8, 4) is 0 Å². The van der Waals surface area contributed by atoms with Crippen LogP contribution in [-0.4, -0.2) is 22.8 Å². The summed E-state index contributed by atoms with van der Waals surface area (Å²) in [6.45, 7) is 1.99. The van der Waals surface area contributed by atoms with E-state index in [9.17, 15) is 19.5 Å². The summed E-state index contributed by atoms with van der Waals surface area (Å²) in [5, 5.41) is 12.7. The maximum Gasteiger partial charge on any atom is 0.303 e. The number of aryl methyl sites for hydroxylation is 1. The standard InChI is InChI=1S/C30H28N2O4/c1-19-11-13-21(14-12-19)30-29-24(17-22(18-26(29)33)20-7-3-2-4-8-20)31-23-9-5-6-10-25(23)32(30)27(34)15-16-28(35)36/h2-14,22,30-31H,15-18H2,1H3,(H,35,36)/t22-,30+/m0/s1. The van der Waals surface area contributed by atoms with Gasteiger partial charge in [0.05, 0.1) is 23.8 Å². The van der Waals surface area contributed by atoms with E-state index in [0.29, 0.717) is 24.1 Å². The van der Waals surface area contributed by atoms with Crippen LogP contribution in [0.3, 0.4) is 0 Å². The number of para-hydroxylation sites is 2. The van der Waals surface area contributed by atoms with Gasteiger partial charge in [-0.05, 0) is 42.5 Å². The maximum absolute atomic E-state index is 13.9. The first kappa shape index (κ1) is 23.5. The molecule has 3 aromatic carbocycles. The Morgan fingerprint density at radius 3 is 2.31 bits per heavy atom. The first-order chi connectivity index (χ1) is 17.4. The van der Waals surface area contributed by atoms with Gasteiger partial charge in [-0.15, -0.1) is 0 Å². The van der Waals surface area contributed by atoms with Crippen molar-refractivity contribution in [3.63, 3.8) is 0 Å². The van der Waals surface area contributed by atoms with Gasteiger partial charge in [-0.1, -0.05) is 72.3 Å². The number of amides is 1. The SMILES string of the molecule is Cc1ccc([C@@H]2C3=C(C[C@H](c4ccccc4)CC3=O)Nc3ccccc3N2C(=O)CCC(=O)O)cc1. The molecule has 1 heterocycles. The van der Waals surface area contributed by atoms with E-state index in [1.54, 1.807) is 4.90 Å². The fourth-order valence-corrected chi connectivity index (χ4v) is 5.22. The first-order valence-corrected chi connectivity index (χ1v) is 12.2. The van der Waals surface area contributed by atoms with Gasteiger partial charge in [-0.3, -0.25) is 19.3 Å². The van der Waals surface area contributed by atoms with Gasteiger partial charge in [-0.25, -0.2) is 0 Å². The van der Waals surface area contributed by atoms with Crippen molar-refractivity contribution >= 4 is 29.0 Å². The molecule has 3 aromatic rings. The fourth-order valence-electron chi connectivity index (χ4n) is 5.22. The summed E-state index contributed by atoms with van der Waals surface area (Å²) in [4.78, 5) is 40.4. The summed E-state index contributed by atoms with van der Waals surface area (Å²) < 4.78 is 0. The van der Waals surface area contributed by atoms with Crippen LogP contribution >= 0.6 is 0 Å². The van der Waals surface area contributed by atoms with Gasteiger partial charge in [0.25, 0.3) is 0 Å². The number of carboxylic acid groups (broad SMARTS) is 1. The number of carbonyl (C=O) groups excluding carboxylic acids is 2. The number of nitrogens with zero attached hydrogens (tertiary/aromatic N) is 1. The molecule has 0 spiro atoms. The van der Waals surface area contributed by atoms with E-state index < -0.39 is 12.0 Å². The van der Waals surface area contributed by atoms with E-state index in [4.69, 9.17) is 0 Å². The highest BCUT2D eigenvalue weighted by Gasteiger charge is 2.41. The lowest BCUT2D eigenvalue weighted by atomic mass is 9.78. The van der Waals surface area contributed by atoms with Gasteiger partial charge in [0.2, 0.25) is 5.91 Å². The predicted molar refractivity (Wildman–Crippen MR) is 139 cm³/mol. The van der Waals surface area contributed by atoms with Gasteiger partial charge in [-0.2, -0.15) is 0 Å². The Morgan fingerprint density at radius 2 is 1.58 bits per heavy atom. The molecular weight excluding hydrogens is 452 g/mol. The Morgan fingerprint density at radius 1 is 0.889 bits per heavy atom. The predicted octanol–water partition coefficient (Wildman–Crippen LogP) is 5.76. The summed E-state index contributed by atoms with van der Waals surface area (Å²) in [7, 11) is 0. The average molecular weight is 481 g/mol. The molecule has 0 bridgehead atoms. The Hall–Kier alpha value is -4.19. The molecular formula is C30H28N2O4. The Bertz CT molecular complexity index is 1340. The van der Waals surface area contributed by atoms with Gasteiger partial charge in [0.15, 0.2) is 5.78 Å². The molecule has 0 radical (unpaired) electrons. The highest BCUT2D eigenvalue weighted by Crippen LogP contribution is 2.47. The molecule has 0 saturated carbocycles. The fraction of sp³-hybridized carbons (Fsp3) is 0.233. The smallest absolute Gasteiger partial charge is 0.303 e. The van der Waals surface area contributed by atoms with Gasteiger partial charge in [0, 0.05) is 24.1 Å². The zero-order valence-electron chi connectivity index (χ0n) is 20.1. The first-order valence-electron chi connectivity index (χ1n) is 12.2. The van der Waals surface area contributed by atoms with E-state index in [1.165, 1.54) is 0 Å². The molecule has 6 heteroatoms. The van der Waals surface area contributed by atoms with E-state index in [0.717, 1.165) is 28.1 Å². The van der Waals surface area contributed by atoms with Crippen LogP contribution in [0.2, 0.25) is 0 Å². The zero-order valence-corrected chi connectivity index (χ0v) is 20.1. The minimum Gasteiger partial charge on any atom is -0.481 e. The molecule has 0 aromatic heterocycles. The summed E-state index contributed by atoms with van der Waals surface area (Å²) in [6.07, 6.45) is 0.552. The van der Waals surface area contributed by atoms with Crippen LogP contribution in [0.1, 0.15) is 54.3 Å². The number of fused-ring (bicyclic) bond motifs is 1. The van der Waals surface area contributed by atoms with Gasteiger partial charge >= 0.3 is 5.97 Å². The normalized spacial score (nSPS) is 19.1. The summed E-state index contributed by atoms with van der Waals surface area (Å²) >= 11 is 0. The lowest BCUT2D eigenvalue weighted by Gasteiger charge is -2.35. The van der Waals surface area contributed by atoms with E-state index >= 15 is 0 Å². The number of rotatable bonds is 5. The van der Waals surface area contributed by atoms with Crippen LogP contribution < -0.4 is 10.2 Å². The monoisotopic (exact) mass is 480 g/mol. The number of hydrogen-bond donors (Lipinski definition) is 2. The molecule has 5 rings (SSSR count). The molecule has 2 aliphatic rings. The molecule has 182 valence electrons. The van der Waals surface area contributed by atoms with Crippen LogP contribution in [0.15, 0.2) is 90.1 Å². The van der Waals surface area contributed by atoms with Crippen LogP contribution in [-0.2, 0) is 14.4 Å². The summed E-state index contributed by atoms with van der Waals surface area (Å²) in [5.74, 6) is -1.34. The highest BCUT2D eigenvalue weighted by molar-refractivity contribution is 6.06. The second-order valence-corrected chi connectivity index (χ2v) is 9.44. The third kappa shape index (κ3) is 4.54. The number of hydrogen-bond acceptors (Lipinski definition) is 4. The number of Topliss-reactive ketones (excluding diaryl/α,β-unsaturated/α-hetero) is 1. The zero-order chi connectivity index (χ0) is 25.2. The third-order valence-corrected chi connectivity index (χ3v) is 6.97. The second kappa shape index (κ2) is 9.82. The Balaban J connectivity index is 1.68. The van der Waals surface area contributed by atoms with Crippen LogP contribution in [0.5, 0.6) is 0 Å². The van der Waals surface area contributed by atoms with E-state index in [1.807, 2.05) is 85.8 Å². The largest absolute Gasteiger partial charge is 0.481 e. The molecule has 0 saturated heterocycles. The lowest BCUT2D eigenvalue weighted by molar-refractivity contribution is -0.138. The van der Waals surface area contributed by atoms with E-state index in [-0.39, 0.29) is 30.4 Å². The Labute approximate surface area is 210 Å². The molecule has 1 aliphatic carbocycles. The molecule has 36 heavy (non-hydrogen) atoms. The van der Waals surface area contributed by atoms with E-state index in [2.05, 4.69) is 5.32 Å². The number of nitrogens with one attached hydrogen (secondary N) is 1. The molecule has 2 atom stereocenters. The van der Waals surface area contributed by atoms with Crippen LogP contribution in [0.25, 0.3) is 0 Å². The molecule has 6 nitrogen and oxygen atoms in total. The second-order valence-electron chi connectivity index (χ2n) is 9.44. The van der Waals surface area contributed by atoms with Crippen molar-refractivity contribution < 1.29 is 19.5 Å². The number of benzene rings is 3. The van der Waals surface area contributed by atoms with Crippen molar-refractivity contribution in [2.45, 2.75) is 44.6 Å². The molecule has 1 aliphatic heterocycles. The molecule has 1 amide bonds. The topological polar surface area (TPSA) is 86.7 Å². The number of ketones is 1. The van der Waals surface area contributed by atoms with Crippen LogP contribution in [0.4, 0.5) is 11.4 Å². The van der Waals surface area contributed by atoms with Gasteiger partial charge < -0.3 is 10.4 Å². The average Bonchev–Trinajstić information content (AvgIpc) is 3.03. The van der Waals surface area contributed by atoms with Crippen molar-refractivity contribution in [3.05, 3.63) is 107 Å². The maximum atomic E-state index is 13.9. The van der Waals surface area contributed by atoms with Crippen molar-refractivity contribution in [2.24, 2.45) is 0 Å². The van der Waals surface area contributed by atoms with Crippen LogP contribution in [0, 0.1) is 6.92 Å². The number of anilines is 2. The Kier molecular flexibility index (Phi) is 6.42. The van der Waals surface area contributed by atoms with Crippen molar-refractivity contribution in [1.82, 2.24) is 0 Å². The quantitative estimate of drug-likeness (QED) is 0.485. The number of carbonyl (C=O) groups is 3. The minimum absolute atomic E-state index is 0.00739.